The number of esters is 1. The van der Waals surface area contributed by atoms with Gasteiger partial charge in [-0.3, -0.25) is 9.59 Å². The molecule has 1 saturated heterocycles. The van der Waals surface area contributed by atoms with Crippen LogP contribution in [0.5, 0.6) is 0 Å². The van der Waals surface area contributed by atoms with Gasteiger partial charge in [-0.05, 0) is 49.9 Å². The molecule has 0 spiro atoms. The number of carbonyl (C=O) groups is 2. The predicted molar refractivity (Wildman–Crippen MR) is 100 cm³/mol. The smallest absolute Gasteiger partial charge is 0.306 e. The summed E-state index contributed by atoms with van der Waals surface area (Å²) in [7, 11) is 0. The van der Waals surface area contributed by atoms with Crippen molar-refractivity contribution in [1.82, 2.24) is 0 Å². The van der Waals surface area contributed by atoms with Crippen molar-refractivity contribution in [1.29, 1.82) is 0 Å². The molecule has 2 fully saturated rings. The molecular formula is C20H28N2O4. The van der Waals surface area contributed by atoms with Gasteiger partial charge in [0.05, 0.1) is 13.2 Å². The maximum Gasteiger partial charge on any atom is 0.306 e. The minimum absolute atomic E-state index is 0.276. The molecule has 26 heavy (non-hydrogen) atoms. The third-order valence-corrected chi connectivity index (χ3v) is 5.12. The van der Waals surface area contributed by atoms with E-state index in [0.717, 1.165) is 44.8 Å². The second kappa shape index (κ2) is 9.03. The fraction of sp³-hybridized carbons (Fsp3) is 0.600. The van der Waals surface area contributed by atoms with Gasteiger partial charge in [0.25, 0.3) is 5.91 Å². The molecule has 2 aliphatic rings. The Hall–Kier alpha value is -2.08. The molecule has 1 N–H and O–H groups in total. The minimum Gasteiger partial charge on any atom is -0.453 e. The first kappa shape index (κ1) is 18.7. The molecule has 1 amide bonds. The van der Waals surface area contributed by atoms with Crippen LogP contribution in [0.2, 0.25) is 0 Å². The molecule has 142 valence electrons. The molecule has 1 aliphatic carbocycles. The zero-order valence-electron chi connectivity index (χ0n) is 15.4. The normalized spacial score (nSPS) is 19.2. The van der Waals surface area contributed by atoms with Gasteiger partial charge in [-0.2, -0.15) is 0 Å². The van der Waals surface area contributed by atoms with Crippen LogP contribution in [0.25, 0.3) is 0 Å². The molecule has 0 aromatic heterocycles. The zero-order valence-corrected chi connectivity index (χ0v) is 15.4. The number of anilines is 2. The number of benzene rings is 1. The van der Waals surface area contributed by atoms with E-state index in [0.29, 0.717) is 18.0 Å². The van der Waals surface area contributed by atoms with E-state index in [2.05, 4.69) is 10.2 Å². The van der Waals surface area contributed by atoms with Gasteiger partial charge in [-0.1, -0.05) is 12.8 Å². The number of nitrogens with one attached hydrogen (secondary N) is 1. The average Bonchev–Trinajstić information content (AvgIpc) is 3.16. The molecule has 0 radical (unpaired) electrons. The lowest BCUT2D eigenvalue weighted by Gasteiger charge is -2.28. The molecule has 0 bridgehead atoms. The van der Waals surface area contributed by atoms with Crippen LogP contribution < -0.4 is 10.2 Å². The Morgan fingerprint density at radius 1 is 1.19 bits per heavy atom. The third kappa shape index (κ3) is 5.21. The van der Waals surface area contributed by atoms with Crippen molar-refractivity contribution in [3.05, 3.63) is 24.3 Å². The summed E-state index contributed by atoms with van der Waals surface area (Å²) in [5, 5.41) is 2.81. The summed E-state index contributed by atoms with van der Waals surface area (Å²) < 4.78 is 10.6. The third-order valence-electron chi connectivity index (χ3n) is 5.12. The fourth-order valence-electron chi connectivity index (χ4n) is 3.57. The van der Waals surface area contributed by atoms with Crippen LogP contribution in [0.1, 0.15) is 39.0 Å². The number of rotatable bonds is 6. The zero-order chi connectivity index (χ0) is 18.4. The quantitative estimate of drug-likeness (QED) is 0.790. The number of hydrogen-bond acceptors (Lipinski definition) is 5. The van der Waals surface area contributed by atoms with Crippen molar-refractivity contribution >= 4 is 23.3 Å². The molecule has 3 rings (SSSR count). The lowest BCUT2D eigenvalue weighted by atomic mass is 10.0. The molecule has 1 atom stereocenters. The molecule has 1 aliphatic heterocycles. The minimum atomic E-state index is -0.789. The summed E-state index contributed by atoms with van der Waals surface area (Å²) in [5.41, 5.74) is 1.81. The fourth-order valence-corrected chi connectivity index (χ4v) is 3.57. The van der Waals surface area contributed by atoms with E-state index in [1.807, 2.05) is 24.3 Å². The van der Waals surface area contributed by atoms with Crippen molar-refractivity contribution in [2.45, 2.75) is 45.1 Å². The van der Waals surface area contributed by atoms with Crippen molar-refractivity contribution in [2.24, 2.45) is 5.92 Å². The SMILES string of the molecule is C[C@@H](OC(=O)CC1CCCC1)C(=O)Nc1ccc(N2CCOCC2)cc1. The van der Waals surface area contributed by atoms with E-state index >= 15 is 0 Å². The van der Waals surface area contributed by atoms with Crippen molar-refractivity contribution in [2.75, 3.05) is 36.5 Å². The first-order valence-electron chi connectivity index (χ1n) is 9.55. The molecule has 6 heteroatoms. The van der Waals surface area contributed by atoms with Crippen molar-refractivity contribution in [3.63, 3.8) is 0 Å². The van der Waals surface area contributed by atoms with Gasteiger partial charge in [0.2, 0.25) is 0 Å². The van der Waals surface area contributed by atoms with Crippen LogP contribution in [0.15, 0.2) is 24.3 Å². The van der Waals surface area contributed by atoms with Gasteiger partial charge in [0.15, 0.2) is 6.10 Å². The lowest BCUT2D eigenvalue weighted by molar-refractivity contribution is -0.154. The maximum atomic E-state index is 12.3. The summed E-state index contributed by atoms with van der Waals surface area (Å²) in [4.78, 5) is 26.5. The van der Waals surface area contributed by atoms with Crippen molar-refractivity contribution in [3.8, 4) is 0 Å². The van der Waals surface area contributed by atoms with Crippen LogP contribution >= 0.6 is 0 Å². The van der Waals surface area contributed by atoms with Crippen LogP contribution in [0.4, 0.5) is 11.4 Å². The monoisotopic (exact) mass is 360 g/mol. The highest BCUT2D eigenvalue weighted by Crippen LogP contribution is 2.28. The van der Waals surface area contributed by atoms with Gasteiger partial charge in [-0.15, -0.1) is 0 Å². The first-order valence-corrected chi connectivity index (χ1v) is 9.55. The van der Waals surface area contributed by atoms with Crippen LogP contribution in [-0.2, 0) is 19.1 Å². The Labute approximate surface area is 154 Å². The van der Waals surface area contributed by atoms with Crippen molar-refractivity contribution < 1.29 is 19.1 Å². The van der Waals surface area contributed by atoms with Crippen LogP contribution in [-0.4, -0.2) is 44.3 Å². The van der Waals surface area contributed by atoms with E-state index < -0.39 is 6.10 Å². The lowest BCUT2D eigenvalue weighted by Crippen LogP contribution is -2.36. The average molecular weight is 360 g/mol. The standard InChI is InChI=1S/C20H28N2O4/c1-15(26-19(23)14-16-4-2-3-5-16)20(24)21-17-6-8-18(9-7-17)22-10-12-25-13-11-22/h6-9,15-16H,2-5,10-14H2,1H3,(H,21,24)/t15-/m1/s1. The number of ether oxygens (including phenoxy) is 2. The van der Waals surface area contributed by atoms with E-state index in [4.69, 9.17) is 9.47 Å². The predicted octanol–water partition coefficient (Wildman–Crippen LogP) is 2.97. The second-order valence-electron chi connectivity index (χ2n) is 7.12. The van der Waals surface area contributed by atoms with E-state index in [1.165, 1.54) is 12.8 Å². The van der Waals surface area contributed by atoms with E-state index in [1.54, 1.807) is 6.92 Å². The van der Waals surface area contributed by atoms with E-state index in [9.17, 15) is 9.59 Å². The highest BCUT2D eigenvalue weighted by molar-refractivity contribution is 5.95. The summed E-state index contributed by atoms with van der Waals surface area (Å²) in [6.45, 7) is 4.84. The highest BCUT2D eigenvalue weighted by atomic mass is 16.5. The molecule has 1 aromatic rings. The molecule has 1 saturated carbocycles. The van der Waals surface area contributed by atoms with Gasteiger partial charge in [-0.25, -0.2) is 0 Å². The molecule has 0 unspecified atom stereocenters. The summed E-state index contributed by atoms with van der Waals surface area (Å²) in [6.07, 6.45) is 4.19. The first-order chi connectivity index (χ1) is 12.6. The molecule has 1 aromatic carbocycles. The second-order valence-corrected chi connectivity index (χ2v) is 7.12. The van der Waals surface area contributed by atoms with E-state index in [-0.39, 0.29) is 11.9 Å². The van der Waals surface area contributed by atoms with Gasteiger partial charge < -0.3 is 19.7 Å². The molecular weight excluding hydrogens is 332 g/mol. The molecule has 1 heterocycles. The van der Waals surface area contributed by atoms with Crippen LogP contribution in [0.3, 0.4) is 0 Å². The summed E-state index contributed by atoms with van der Waals surface area (Å²) >= 11 is 0. The Morgan fingerprint density at radius 3 is 2.50 bits per heavy atom. The number of morpholine rings is 1. The Kier molecular flexibility index (Phi) is 6.50. The Balaban J connectivity index is 1.46. The Bertz CT molecular complexity index is 605. The number of amides is 1. The number of hydrogen-bond donors (Lipinski definition) is 1. The summed E-state index contributed by atoms with van der Waals surface area (Å²) in [5.74, 6) is -0.156. The van der Waals surface area contributed by atoms with Gasteiger partial charge in [0.1, 0.15) is 0 Å². The van der Waals surface area contributed by atoms with Gasteiger partial charge in [0, 0.05) is 30.9 Å². The van der Waals surface area contributed by atoms with Crippen LogP contribution in [0, 0.1) is 5.92 Å². The number of carbonyl (C=O) groups excluding carboxylic acids is 2. The highest BCUT2D eigenvalue weighted by Gasteiger charge is 2.23. The van der Waals surface area contributed by atoms with Gasteiger partial charge >= 0.3 is 5.97 Å². The number of nitrogens with zero attached hydrogens (tertiary/aromatic N) is 1. The molecule has 6 nitrogen and oxygen atoms in total. The largest absolute Gasteiger partial charge is 0.453 e. The Morgan fingerprint density at radius 2 is 1.85 bits per heavy atom. The maximum absolute atomic E-state index is 12.3. The summed E-state index contributed by atoms with van der Waals surface area (Å²) in [6, 6.07) is 7.71. The topological polar surface area (TPSA) is 67.9 Å².